The maximum Gasteiger partial charge on any atom is 0.356 e. The van der Waals surface area contributed by atoms with Gasteiger partial charge in [-0.25, -0.2) is 9.78 Å². The van der Waals surface area contributed by atoms with E-state index in [2.05, 4.69) is 20.1 Å². The number of rotatable bonds is 5. The van der Waals surface area contributed by atoms with E-state index in [9.17, 15) is 4.79 Å². The lowest BCUT2D eigenvalue weighted by atomic mass is 10.3. The first-order chi connectivity index (χ1) is 8.61. The summed E-state index contributed by atoms with van der Waals surface area (Å²) in [6.45, 7) is 1.87. The van der Waals surface area contributed by atoms with Crippen LogP contribution in [-0.2, 0) is 11.2 Å². The zero-order chi connectivity index (χ0) is 13.1. The summed E-state index contributed by atoms with van der Waals surface area (Å²) in [4.78, 5) is 21.3. The average Bonchev–Trinajstić information content (AvgIpc) is 2.95. The van der Waals surface area contributed by atoms with Gasteiger partial charge in [-0.2, -0.15) is 4.98 Å². The van der Waals surface area contributed by atoms with Crippen LogP contribution >= 0.6 is 0 Å². The molecule has 0 aliphatic rings. The van der Waals surface area contributed by atoms with Gasteiger partial charge in [0.1, 0.15) is 5.69 Å². The molecule has 0 radical (unpaired) electrons. The molecular weight excluding hydrogens is 240 g/mol. The summed E-state index contributed by atoms with van der Waals surface area (Å²) in [5.74, 6) is -0.607. The zero-order valence-electron chi connectivity index (χ0n) is 9.88. The number of ether oxygens (including phenoxy) is 1. The fraction of sp³-hybridized carbons (Fsp3) is 0.400. The Balaban J connectivity index is 2.24. The van der Waals surface area contributed by atoms with E-state index < -0.39 is 5.97 Å². The lowest BCUT2D eigenvalue weighted by Gasteiger charge is -2.03. The number of H-pyrrole nitrogens is 1. The van der Waals surface area contributed by atoms with Gasteiger partial charge in [-0.1, -0.05) is 5.16 Å². The third-order valence-corrected chi connectivity index (χ3v) is 2.40. The molecule has 2 N–H and O–H groups in total. The molecule has 1 atom stereocenters. The van der Waals surface area contributed by atoms with Gasteiger partial charge in [0, 0.05) is 13.5 Å². The molecule has 0 aliphatic carbocycles. The standard InChI is InChI=1S/C10H12N4O4/c1-5(17-2)3-6-13-9(18-14-6)7-8(10(15)16)12-4-11-7/h4-5H,3H2,1-2H3,(H,11,12)(H,15,16). The summed E-state index contributed by atoms with van der Waals surface area (Å²) in [5.41, 5.74) is 0.0521. The van der Waals surface area contributed by atoms with Crippen LogP contribution in [0.3, 0.4) is 0 Å². The Labute approximate surface area is 102 Å². The largest absolute Gasteiger partial charge is 0.476 e. The summed E-state index contributed by atoms with van der Waals surface area (Å²) in [6, 6.07) is 0. The molecule has 18 heavy (non-hydrogen) atoms. The summed E-state index contributed by atoms with van der Waals surface area (Å²) in [6.07, 6.45) is 1.70. The first-order valence-corrected chi connectivity index (χ1v) is 5.24. The van der Waals surface area contributed by atoms with Crippen LogP contribution in [0.1, 0.15) is 23.2 Å². The molecule has 2 aromatic heterocycles. The van der Waals surface area contributed by atoms with E-state index in [1.54, 1.807) is 7.11 Å². The fourth-order valence-corrected chi connectivity index (χ4v) is 1.40. The van der Waals surface area contributed by atoms with Crippen molar-refractivity contribution in [2.75, 3.05) is 7.11 Å². The van der Waals surface area contributed by atoms with Gasteiger partial charge in [-0.05, 0) is 6.92 Å². The number of nitrogens with one attached hydrogen (secondary N) is 1. The van der Waals surface area contributed by atoms with Crippen molar-refractivity contribution in [2.24, 2.45) is 0 Å². The minimum absolute atomic E-state index is 0.0452. The number of nitrogens with zero attached hydrogens (tertiary/aromatic N) is 3. The number of aromatic amines is 1. The van der Waals surface area contributed by atoms with E-state index in [1.807, 2.05) is 6.92 Å². The first-order valence-electron chi connectivity index (χ1n) is 5.24. The molecule has 0 spiro atoms. The number of hydrogen-bond donors (Lipinski definition) is 2. The number of hydrogen-bond acceptors (Lipinski definition) is 6. The van der Waals surface area contributed by atoms with Gasteiger partial charge in [-0.3, -0.25) is 0 Å². The van der Waals surface area contributed by atoms with Crippen LogP contribution in [0.5, 0.6) is 0 Å². The summed E-state index contributed by atoms with van der Waals surface area (Å²) >= 11 is 0. The second kappa shape index (κ2) is 4.96. The maximum atomic E-state index is 10.9. The fourth-order valence-electron chi connectivity index (χ4n) is 1.40. The van der Waals surface area contributed by atoms with Crippen molar-refractivity contribution >= 4 is 5.97 Å². The molecule has 0 saturated carbocycles. The highest BCUT2D eigenvalue weighted by Crippen LogP contribution is 2.18. The Morgan fingerprint density at radius 3 is 3.11 bits per heavy atom. The molecule has 0 fully saturated rings. The van der Waals surface area contributed by atoms with Crippen LogP contribution in [0.25, 0.3) is 11.6 Å². The van der Waals surface area contributed by atoms with Gasteiger partial charge in [0.05, 0.1) is 12.4 Å². The Morgan fingerprint density at radius 1 is 1.67 bits per heavy atom. The minimum Gasteiger partial charge on any atom is -0.476 e. The molecule has 8 nitrogen and oxygen atoms in total. The van der Waals surface area contributed by atoms with Gasteiger partial charge in [0.2, 0.25) is 0 Å². The molecule has 0 saturated heterocycles. The maximum absolute atomic E-state index is 10.9. The lowest BCUT2D eigenvalue weighted by Crippen LogP contribution is -2.09. The van der Waals surface area contributed by atoms with Crippen molar-refractivity contribution in [2.45, 2.75) is 19.4 Å². The van der Waals surface area contributed by atoms with E-state index in [1.165, 1.54) is 6.33 Å². The Kier molecular flexibility index (Phi) is 3.38. The molecule has 0 bridgehead atoms. The van der Waals surface area contributed by atoms with Crippen LogP contribution in [0.15, 0.2) is 10.9 Å². The van der Waals surface area contributed by atoms with E-state index in [0.717, 1.165) is 0 Å². The Hall–Kier alpha value is -2.22. The third-order valence-electron chi connectivity index (χ3n) is 2.40. The SMILES string of the molecule is COC(C)Cc1noc(-c2[nH]cnc2C(=O)O)n1. The highest BCUT2D eigenvalue weighted by molar-refractivity contribution is 5.91. The lowest BCUT2D eigenvalue weighted by molar-refractivity contribution is 0.0691. The molecule has 2 heterocycles. The molecular formula is C10H12N4O4. The smallest absolute Gasteiger partial charge is 0.356 e. The minimum atomic E-state index is -1.16. The van der Waals surface area contributed by atoms with Gasteiger partial charge >= 0.3 is 5.97 Å². The molecule has 2 rings (SSSR count). The summed E-state index contributed by atoms with van der Waals surface area (Å²) < 4.78 is 10.1. The van der Waals surface area contributed by atoms with Gasteiger partial charge < -0.3 is 19.4 Å². The van der Waals surface area contributed by atoms with Crippen molar-refractivity contribution in [3.63, 3.8) is 0 Å². The van der Waals surface area contributed by atoms with Crippen LogP contribution in [0.4, 0.5) is 0 Å². The van der Waals surface area contributed by atoms with Crippen LogP contribution < -0.4 is 0 Å². The third kappa shape index (κ3) is 2.38. The number of aromatic carboxylic acids is 1. The van der Waals surface area contributed by atoms with Crippen molar-refractivity contribution in [1.29, 1.82) is 0 Å². The summed E-state index contributed by atoms with van der Waals surface area (Å²) in [7, 11) is 1.59. The number of carboxylic acids is 1. The monoisotopic (exact) mass is 252 g/mol. The number of carboxylic acid groups (broad SMARTS) is 1. The predicted octanol–water partition coefficient (Wildman–Crippen LogP) is 0.735. The number of imidazole rings is 1. The van der Waals surface area contributed by atoms with Crippen molar-refractivity contribution in [3.8, 4) is 11.6 Å². The van der Waals surface area contributed by atoms with Gasteiger partial charge in [-0.15, -0.1) is 0 Å². The predicted molar refractivity (Wildman–Crippen MR) is 59.0 cm³/mol. The quantitative estimate of drug-likeness (QED) is 0.806. The number of aromatic nitrogens is 4. The first kappa shape index (κ1) is 12.2. The molecule has 96 valence electrons. The second-order valence-corrected chi connectivity index (χ2v) is 3.70. The molecule has 0 amide bonds. The van der Waals surface area contributed by atoms with Crippen LogP contribution in [-0.4, -0.2) is 44.4 Å². The highest BCUT2D eigenvalue weighted by atomic mass is 16.5. The van der Waals surface area contributed by atoms with Crippen LogP contribution in [0, 0.1) is 0 Å². The molecule has 8 heteroatoms. The molecule has 0 aromatic carbocycles. The average molecular weight is 252 g/mol. The Bertz CT molecular complexity index is 548. The topological polar surface area (TPSA) is 114 Å². The molecule has 2 aromatic rings. The van der Waals surface area contributed by atoms with E-state index >= 15 is 0 Å². The highest BCUT2D eigenvalue weighted by Gasteiger charge is 2.20. The van der Waals surface area contributed by atoms with Gasteiger partial charge in [0.15, 0.2) is 11.5 Å². The summed E-state index contributed by atoms with van der Waals surface area (Å²) in [5, 5.41) is 12.7. The van der Waals surface area contributed by atoms with E-state index in [4.69, 9.17) is 14.4 Å². The second-order valence-electron chi connectivity index (χ2n) is 3.70. The molecule has 1 unspecified atom stereocenters. The van der Waals surface area contributed by atoms with E-state index in [0.29, 0.717) is 12.2 Å². The number of carbonyl (C=O) groups is 1. The number of methoxy groups -OCH3 is 1. The Morgan fingerprint density at radius 2 is 2.44 bits per heavy atom. The van der Waals surface area contributed by atoms with Crippen molar-refractivity contribution in [3.05, 3.63) is 17.8 Å². The zero-order valence-corrected chi connectivity index (χ0v) is 9.88. The van der Waals surface area contributed by atoms with Gasteiger partial charge in [0.25, 0.3) is 5.89 Å². The molecule has 0 aliphatic heterocycles. The normalized spacial score (nSPS) is 12.6. The van der Waals surface area contributed by atoms with Crippen LogP contribution in [0.2, 0.25) is 0 Å². The van der Waals surface area contributed by atoms with Crippen molar-refractivity contribution in [1.82, 2.24) is 20.1 Å². The van der Waals surface area contributed by atoms with E-state index in [-0.39, 0.29) is 23.4 Å². The van der Waals surface area contributed by atoms with Crippen molar-refractivity contribution < 1.29 is 19.2 Å².